The minimum absolute atomic E-state index is 0.0270. The SMILES string of the molecule is O=C(O)CCNC(=O)c1ccc(C(NC(=O)Nc2nc3c(F)cc(C(F)(F)F)cc3s2)c2ccc(C3CCCCC3)cc2)cc1. The first-order valence-corrected chi connectivity index (χ1v) is 15.2. The van der Waals surface area contributed by atoms with Crippen LogP contribution in [0.3, 0.4) is 0 Å². The standard InChI is InChI=1S/C32H30F4N4O4S/c33-24-16-23(32(34,35)36)17-25-28(24)39-31(45-25)40-30(44)38-27(20-8-6-19(7-9-20)18-4-2-1-3-5-18)21-10-12-22(13-11-21)29(43)37-15-14-26(41)42/h6-13,16-18,27H,1-5,14-15H2,(H,37,43)(H,41,42)(H2,38,39,40,44). The number of aliphatic carboxylic acids is 1. The number of carbonyl (C=O) groups is 3. The molecule has 5 rings (SSSR count). The van der Waals surface area contributed by atoms with Crippen LogP contribution in [-0.2, 0) is 11.0 Å². The molecular weight excluding hydrogens is 612 g/mol. The van der Waals surface area contributed by atoms with Crippen LogP contribution in [0.1, 0.15) is 83.1 Å². The maximum Gasteiger partial charge on any atom is 0.416 e. The van der Waals surface area contributed by atoms with E-state index in [0.29, 0.717) is 34.4 Å². The Balaban J connectivity index is 1.37. The van der Waals surface area contributed by atoms with Crippen LogP contribution >= 0.6 is 11.3 Å². The average molecular weight is 643 g/mol. The van der Waals surface area contributed by atoms with Crippen LogP contribution in [0.15, 0.2) is 60.7 Å². The van der Waals surface area contributed by atoms with Gasteiger partial charge in [0.25, 0.3) is 5.91 Å². The number of aromatic nitrogens is 1. The number of hydrogen-bond donors (Lipinski definition) is 4. The zero-order valence-electron chi connectivity index (χ0n) is 23.9. The number of nitrogens with one attached hydrogen (secondary N) is 3. The molecule has 1 atom stereocenters. The minimum Gasteiger partial charge on any atom is -0.481 e. The largest absolute Gasteiger partial charge is 0.481 e. The van der Waals surface area contributed by atoms with Crippen LogP contribution in [0.2, 0.25) is 0 Å². The molecule has 0 aliphatic heterocycles. The van der Waals surface area contributed by atoms with Crippen molar-refractivity contribution in [3.63, 3.8) is 0 Å². The van der Waals surface area contributed by atoms with Crippen LogP contribution in [0.25, 0.3) is 10.2 Å². The third-order valence-corrected chi connectivity index (χ3v) is 8.67. The number of carboxylic acids is 1. The number of anilines is 1. The number of amides is 3. The Morgan fingerprint density at radius 2 is 1.60 bits per heavy atom. The molecule has 45 heavy (non-hydrogen) atoms. The molecule has 0 spiro atoms. The topological polar surface area (TPSA) is 120 Å². The number of urea groups is 1. The third-order valence-electron chi connectivity index (χ3n) is 7.75. The van der Waals surface area contributed by atoms with E-state index in [-0.39, 0.29) is 28.3 Å². The van der Waals surface area contributed by atoms with E-state index in [2.05, 4.69) is 20.9 Å². The van der Waals surface area contributed by atoms with Gasteiger partial charge in [-0.15, -0.1) is 0 Å². The summed E-state index contributed by atoms with van der Waals surface area (Å²) in [7, 11) is 0. The first-order chi connectivity index (χ1) is 21.5. The lowest BCUT2D eigenvalue weighted by molar-refractivity contribution is -0.138. The zero-order valence-corrected chi connectivity index (χ0v) is 24.7. The molecule has 0 saturated heterocycles. The molecule has 1 saturated carbocycles. The fourth-order valence-corrected chi connectivity index (χ4v) is 6.35. The van der Waals surface area contributed by atoms with Gasteiger partial charge in [-0.3, -0.25) is 14.9 Å². The predicted molar refractivity (Wildman–Crippen MR) is 162 cm³/mol. The molecule has 3 aromatic carbocycles. The summed E-state index contributed by atoms with van der Waals surface area (Å²) in [6.45, 7) is -0.0270. The Morgan fingerprint density at radius 3 is 2.22 bits per heavy atom. The molecule has 1 aliphatic rings. The molecule has 3 amide bonds. The third kappa shape index (κ3) is 7.96. The van der Waals surface area contributed by atoms with E-state index in [0.717, 1.165) is 24.5 Å². The van der Waals surface area contributed by atoms with Gasteiger partial charge >= 0.3 is 18.2 Å². The van der Waals surface area contributed by atoms with Gasteiger partial charge in [-0.05, 0) is 59.7 Å². The van der Waals surface area contributed by atoms with Crippen LogP contribution in [0.5, 0.6) is 0 Å². The first-order valence-electron chi connectivity index (χ1n) is 14.4. The lowest BCUT2D eigenvalue weighted by Crippen LogP contribution is -2.33. The molecule has 8 nitrogen and oxygen atoms in total. The van der Waals surface area contributed by atoms with Gasteiger partial charge < -0.3 is 15.7 Å². The van der Waals surface area contributed by atoms with Gasteiger partial charge in [0.05, 0.1) is 22.7 Å². The van der Waals surface area contributed by atoms with E-state index < -0.39 is 41.5 Å². The summed E-state index contributed by atoms with van der Waals surface area (Å²) in [6.07, 6.45) is 0.874. The van der Waals surface area contributed by atoms with Gasteiger partial charge in [-0.25, -0.2) is 14.2 Å². The summed E-state index contributed by atoms with van der Waals surface area (Å²) in [5.74, 6) is -2.15. The monoisotopic (exact) mass is 642 g/mol. The van der Waals surface area contributed by atoms with Gasteiger partial charge in [-0.2, -0.15) is 13.2 Å². The summed E-state index contributed by atoms with van der Waals surface area (Å²) in [4.78, 5) is 40.3. The van der Waals surface area contributed by atoms with Crippen molar-refractivity contribution in [3.8, 4) is 0 Å². The second-order valence-corrected chi connectivity index (χ2v) is 11.9. The molecule has 1 aliphatic carbocycles. The number of alkyl halides is 3. The molecule has 0 radical (unpaired) electrons. The highest BCUT2D eigenvalue weighted by Gasteiger charge is 2.32. The average Bonchev–Trinajstić information content (AvgIpc) is 3.43. The van der Waals surface area contributed by atoms with Gasteiger partial charge in [0.1, 0.15) is 5.52 Å². The van der Waals surface area contributed by atoms with Crippen molar-refractivity contribution in [1.82, 2.24) is 15.6 Å². The van der Waals surface area contributed by atoms with Crippen LogP contribution < -0.4 is 16.0 Å². The molecule has 13 heteroatoms. The summed E-state index contributed by atoms with van der Waals surface area (Å²) in [6, 6.07) is 14.1. The highest BCUT2D eigenvalue weighted by Crippen LogP contribution is 2.36. The molecule has 1 unspecified atom stereocenters. The summed E-state index contributed by atoms with van der Waals surface area (Å²) < 4.78 is 53.8. The van der Waals surface area contributed by atoms with Crippen molar-refractivity contribution in [2.24, 2.45) is 0 Å². The van der Waals surface area contributed by atoms with Gasteiger partial charge in [0.2, 0.25) is 0 Å². The maximum absolute atomic E-state index is 14.4. The quantitative estimate of drug-likeness (QED) is 0.140. The van der Waals surface area contributed by atoms with Crippen LogP contribution in [0, 0.1) is 5.82 Å². The first kappa shape index (κ1) is 31.9. The number of fused-ring (bicyclic) bond motifs is 1. The van der Waals surface area contributed by atoms with E-state index in [4.69, 9.17) is 5.11 Å². The lowest BCUT2D eigenvalue weighted by Gasteiger charge is -2.24. The van der Waals surface area contributed by atoms with Crippen molar-refractivity contribution in [2.75, 3.05) is 11.9 Å². The molecular formula is C32H30F4N4O4S. The summed E-state index contributed by atoms with van der Waals surface area (Å²) in [5, 5.41) is 16.6. The van der Waals surface area contributed by atoms with E-state index in [1.165, 1.54) is 24.8 Å². The molecule has 1 aromatic heterocycles. The zero-order chi connectivity index (χ0) is 32.1. The Labute approximate surface area is 259 Å². The normalized spacial score (nSPS) is 14.6. The van der Waals surface area contributed by atoms with Gasteiger partial charge in [-0.1, -0.05) is 67.0 Å². The van der Waals surface area contributed by atoms with E-state index in [9.17, 15) is 31.9 Å². The maximum atomic E-state index is 14.4. The second kappa shape index (κ2) is 13.6. The lowest BCUT2D eigenvalue weighted by atomic mass is 9.83. The molecule has 0 bridgehead atoms. The molecule has 4 N–H and O–H groups in total. The minimum atomic E-state index is -4.74. The Hall–Kier alpha value is -4.52. The van der Waals surface area contributed by atoms with Crippen LogP contribution in [-0.4, -0.2) is 34.5 Å². The molecule has 1 heterocycles. The van der Waals surface area contributed by atoms with Crippen molar-refractivity contribution >= 4 is 44.6 Å². The van der Waals surface area contributed by atoms with Crippen molar-refractivity contribution < 1.29 is 37.1 Å². The van der Waals surface area contributed by atoms with Crippen molar-refractivity contribution in [3.05, 3.63) is 94.3 Å². The summed E-state index contributed by atoms with van der Waals surface area (Å²) >= 11 is 0.716. The van der Waals surface area contributed by atoms with Crippen LogP contribution in [0.4, 0.5) is 27.5 Å². The fraction of sp³-hybridized carbons (Fsp3) is 0.312. The Kier molecular flexibility index (Phi) is 9.66. The Bertz CT molecular complexity index is 1680. The number of thiazole rings is 1. The number of hydrogen-bond acceptors (Lipinski definition) is 5. The number of carboxylic acid groups (broad SMARTS) is 1. The van der Waals surface area contributed by atoms with E-state index >= 15 is 0 Å². The fourth-order valence-electron chi connectivity index (χ4n) is 5.44. The highest BCUT2D eigenvalue weighted by molar-refractivity contribution is 7.22. The van der Waals surface area contributed by atoms with Gasteiger partial charge in [0, 0.05) is 12.1 Å². The molecule has 4 aromatic rings. The summed E-state index contributed by atoms with van der Waals surface area (Å²) in [5.41, 5.74) is 1.45. The van der Waals surface area contributed by atoms with Crippen molar-refractivity contribution in [2.45, 2.75) is 56.7 Å². The Morgan fingerprint density at radius 1 is 0.956 bits per heavy atom. The number of carbonyl (C=O) groups excluding carboxylic acids is 2. The number of halogens is 4. The highest BCUT2D eigenvalue weighted by atomic mass is 32.1. The number of nitrogens with zero attached hydrogens (tertiary/aromatic N) is 1. The van der Waals surface area contributed by atoms with E-state index in [1.54, 1.807) is 24.3 Å². The number of rotatable bonds is 9. The molecule has 1 fully saturated rings. The number of benzene rings is 3. The van der Waals surface area contributed by atoms with E-state index in [1.807, 2.05) is 24.3 Å². The van der Waals surface area contributed by atoms with Gasteiger partial charge in [0.15, 0.2) is 10.9 Å². The second-order valence-electron chi connectivity index (χ2n) is 10.9. The predicted octanol–water partition coefficient (Wildman–Crippen LogP) is 7.62. The molecule has 236 valence electrons. The smallest absolute Gasteiger partial charge is 0.416 e. The van der Waals surface area contributed by atoms with Crippen molar-refractivity contribution in [1.29, 1.82) is 0 Å².